The van der Waals surface area contributed by atoms with Crippen molar-refractivity contribution >= 4 is 91.0 Å². The van der Waals surface area contributed by atoms with Gasteiger partial charge in [-0.15, -0.1) is 0 Å². The van der Waals surface area contributed by atoms with Gasteiger partial charge in [-0.1, -0.05) is 90.4 Å². The van der Waals surface area contributed by atoms with E-state index in [2.05, 4.69) is 34.6 Å². The maximum Gasteiger partial charge on any atom is 0.201 e. The molecule has 10 bridgehead atoms. The first-order valence-corrected chi connectivity index (χ1v) is 21.8. The molecule has 13 aliphatic rings. The highest BCUT2D eigenvalue weighted by Crippen LogP contribution is 2.78. The van der Waals surface area contributed by atoms with Crippen LogP contribution in [0.5, 0.6) is 0 Å². The Balaban J connectivity index is 1.07. The third-order valence-electron chi connectivity index (χ3n) is 13.0. The van der Waals surface area contributed by atoms with Gasteiger partial charge in [-0.3, -0.25) is 19.2 Å². The molecule has 0 amide bonds. The fraction of sp³-hybridized carbons (Fsp3) is 0.350. The first-order valence-electron chi connectivity index (χ1n) is 18.3. The summed E-state index contributed by atoms with van der Waals surface area (Å²) in [4.78, 5) is 78.0. The Labute approximate surface area is 324 Å². The molecule has 9 aliphatic heterocycles. The predicted molar refractivity (Wildman–Crippen MR) is 211 cm³/mol. The molecule has 3 fully saturated rings. The fourth-order valence-electron chi connectivity index (χ4n) is 10.4. The van der Waals surface area contributed by atoms with Crippen LogP contribution in [0.3, 0.4) is 0 Å². The second-order valence-corrected chi connectivity index (χ2v) is 20.8. The Morgan fingerprint density at radius 3 is 2.48 bits per heavy atom. The van der Waals surface area contributed by atoms with Crippen molar-refractivity contribution in [3.05, 3.63) is 104 Å². The number of aromatic nitrogens is 1. The van der Waals surface area contributed by atoms with Crippen molar-refractivity contribution in [3.8, 4) is 0 Å². The molecule has 2 saturated carbocycles. The summed E-state index contributed by atoms with van der Waals surface area (Å²) >= 11 is 5.43. The van der Waals surface area contributed by atoms with Crippen molar-refractivity contribution in [2.45, 2.75) is 52.2 Å². The lowest BCUT2D eigenvalue weighted by molar-refractivity contribution is -0.113. The molecule has 0 radical (unpaired) electrons. The van der Waals surface area contributed by atoms with E-state index in [0.29, 0.717) is 28.7 Å². The average Bonchev–Trinajstić information content (AvgIpc) is 3.78. The van der Waals surface area contributed by atoms with Crippen molar-refractivity contribution in [3.63, 3.8) is 0 Å². The molecule has 2 N–H and O–H groups in total. The predicted octanol–water partition coefficient (Wildman–Crippen LogP) is 4.07. The molecule has 11 atom stereocenters. The van der Waals surface area contributed by atoms with Gasteiger partial charge in [-0.25, -0.2) is 20.0 Å². The number of fused-ring (bicyclic) bond motifs is 12. The second kappa shape index (κ2) is 10.1. The molecule has 4 aliphatic carbocycles. The van der Waals surface area contributed by atoms with Gasteiger partial charge in [-0.2, -0.15) is 0 Å². The quantitative estimate of drug-likeness (QED) is 0.403. The summed E-state index contributed by atoms with van der Waals surface area (Å²) in [7, 11) is 0. The number of carbonyl (C=O) groups excluding carboxylic acids is 4. The summed E-state index contributed by atoms with van der Waals surface area (Å²) in [5, 5.41) is 4.92. The summed E-state index contributed by atoms with van der Waals surface area (Å²) in [6.07, 6.45) is 19.2. The van der Waals surface area contributed by atoms with Crippen LogP contribution in [-0.2, 0) is 24.6 Å². The number of H-pyrrole nitrogens is 1. The van der Waals surface area contributed by atoms with E-state index in [-0.39, 0.29) is 65.4 Å². The van der Waals surface area contributed by atoms with Gasteiger partial charge in [0.2, 0.25) is 10.2 Å². The van der Waals surface area contributed by atoms with E-state index in [9.17, 15) is 19.2 Å². The van der Waals surface area contributed by atoms with Crippen molar-refractivity contribution < 1.29 is 19.2 Å². The number of rotatable bonds is 1. The van der Waals surface area contributed by atoms with Gasteiger partial charge in [0.1, 0.15) is 11.3 Å². The van der Waals surface area contributed by atoms with Crippen LogP contribution in [0.15, 0.2) is 102 Å². The number of allylic oxidation sites excluding steroid dienone is 6. The van der Waals surface area contributed by atoms with Crippen LogP contribution in [-0.4, -0.2) is 64.1 Å². The molecule has 10 nitrogen and oxygen atoms in total. The minimum absolute atomic E-state index is 0.000345. The first kappa shape index (κ1) is 31.2. The van der Waals surface area contributed by atoms with Crippen molar-refractivity contribution in [2.75, 3.05) is 0 Å². The molecule has 11 unspecified atom stereocenters. The van der Waals surface area contributed by atoms with Crippen molar-refractivity contribution in [1.29, 1.82) is 0 Å². The SMILES string of the molecule is CC1C=CC(C2=CC3=NC/2=N\C2=C4C5C=CC(C)C(=O)SC45C(/C=C4N=C(/N=c5\[nH]/c(c6c5C5SC(=O)C7CC675)=C\3)C3=C\4C4C=CC3C(=O)S4)N2)C(=O)S1. The highest BCUT2D eigenvalue weighted by atomic mass is 32.2. The molecule has 54 heavy (non-hydrogen) atoms. The number of amidine groups is 2. The number of hydrogen-bond donors (Lipinski definition) is 2. The molecule has 14 rings (SSSR count). The van der Waals surface area contributed by atoms with E-state index in [1.54, 1.807) is 0 Å². The standard InChI is InChI=1S/C40H28N6O4S4/c1-13-3-7-19-28-34-44-24(40(19,28)54-35(13)47)11-21-26-23-8-6-17(37(49)52-23)25(26)32(42-21)46-33-27-29(39-12-20(39)38(50)53-30(27)39)22(43-33)10-15-9-18(31(41-15)45-34)16-5-4-14(2)51-36(16)48/h3-11,13-14,16-17,19-20,23-24,30,44H,12H2,1-2H3,(H,42,43,46)/b21-11-,22-10-,45-31-. The lowest BCUT2D eigenvalue weighted by Crippen LogP contribution is -2.37. The highest BCUT2D eigenvalue weighted by molar-refractivity contribution is 8.15. The molecular weight excluding hydrogens is 757 g/mol. The number of carbonyl (C=O) groups is 4. The average molecular weight is 785 g/mol. The van der Waals surface area contributed by atoms with Crippen molar-refractivity contribution in [2.24, 2.45) is 49.6 Å². The topological polar surface area (TPSA) is 146 Å². The number of aromatic amines is 1. The Bertz CT molecular complexity index is 2710. The van der Waals surface area contributed by atoms with Gasteiger partial charge in [0.05, 0.1) is 44.5 Å². The lowest BCUT2D eigenvalue weighted by atomic mass is 9.74. The monoisotopic (exact) mass is 784 g/mol. The summed E-state index contributed by atoms with van der Waals surface area (Å²) in [5.74, 6) is 0.449. The van der Waals surface area contributed by atoms with Crippen LogP contribution in [0.4, 0.5) is 0 Å². The molecule has 10 heterocycles. The van der Waals surface area contributed by atoms with Gasteiger partial charge in [0.15, 0.2) is 21.9 Å². The zero-order valence-electron chi connectivity index (χ0n) is 28.7. The van der Waals surface area contributed by atoms with Gasteiger partial charge in [-0.05, 0) is 37.1 Å². The molecule has 1 aromatic heterocycles. The molecule has 1 aromatic rings. The van der Waals surface area contributed by atoms with Crippen LogP contribution in [0.1, 0.15) is 36.6 Å². The van der Waals surface area contributed by atoms with Gasteiger partial charge in [0, 0.05) is 61.6 Å². The van der Waals surface area contributed by atoms with Gasteiger partial charge in [0.25, 0.3) is 0 Å². The molecule has 2 spiro atoms. The summed E-state index contributed by atoms with van der Waals surface area (Å²) in [6.45, 7) is 3.95. The van der Waals surface area contributed by atoms with E-state index in [0.717, 1.165) is 50.9 Å². The number of hydrogen-bond acceptors (Lipinski definition) is 13. The van der Waals surface area contributed by atoms with Crippen LogP contribution in [0.25, 0.3) is 6.08 Å². The zero-order chi connectivity index (χ0) is 36.2. The third-order valence-corrected chi connectivity index (χ3v) is 18.2. The van der Waals surface area contributed by atoms with Gasteiger partial charge < -0.3 is 10.3 Å². The highest BCUT2D eigenvalue weighted by Gasteiger charge is 2.76. The minimum atomic E-state index is -0.591. The number of thioether (sulfide) groups is 4. The molecule has 1 saturated heterocycles. The van der Waals surface area contributed by atoms with Crippen LogP contribution >= 0.6 is 47.0 Å². The normalized spacial score (nSPS) is 45.1. The van der Waals surface area contributed by atoms with E-state index in [4.69, 9.17) is 20.0 Å². The Hall–Kier alpha value is -3.98. The molecule has 266 valence electrons. The largest absolute Gasteiger partial charge is 0.362 e. The smallest absolute Gasteiger partial charge is 0.201 e. The zero-order valence-corrected chi connectivity index (χ0v) is 31.9. The number of aliphatic imine (C=N–C) groups is 3. The fourth-order valence-corrected chi connectivity index (χ4v) is 15.5. The number of nitrogens with zero attached hydrogens (tertiary/aromatic N) is 4. The molecular formula is C40H28N6O4S4. The molecule has 0 aromatic carbocycles. The minimum Gasteiger partial charge on any atom is -0.362 e. The number of nitrogens with one attached hydrogen (secondary N) is 2. The third kappa shape index (κ3) is 3.72. The van der Waals surface area contributed by atoms with Crippen molar-refractivity contribution in [1.82, 2.24) is 10.3 Å². The van der Waals surface area contributed by atoms with E-state index < -0.39 is 16.6 Å². The Kier molecular flexibility index (Phi) is 5.82. The Morgan fingerprint density at radius 1 is 0.796 bits per heavy atom. The molecule has 14 heteroatoms. The first-order chi connectivity index (χ1) is 26.1. The maximum atomic E-state index is 13.6. The maximum absolute atomic E-state index is 13.6. The summed E-state index contributed by atoms with van der Waals surface area (Å²) in [5.41, 5.74) is 7.62. The summed E-state index contributed by atoms with van der Waals surface area (Å²) in [6, 6.07) is -0.340. The van der Waals surface area contributed by atoms with Crippen LogP contribution in [0, 0.1) is 29.6 Å². The lowest BCUT2D eigenvalue weighted by Gasteiger charge is -2.33. The Morgan fingerprint density at radius 2 is 1.65 bits per heavy atom. The van der Waals surface area contributed by atoms with E-state index in [1.807, 2.05) is 44.2 Å². The van der Waals surface area contributed by atoms with Crippen LogP contribution < -0.4 is 16.2 Å². The van der Waals surface area contributed by atoms with Gasteiger partial charge >= 0.3 is 0 Å². The van der Waals surface area contributed by atoms with Crippen LogP contribution in [0.2, 0.25) is 0 Å². The van der Waals surface area contributed by atoms with E-state index >= 15 is 0 Å². The second-order valence-electron chi connectivity index (χ2n) is 15.9. The summed E-state index contributed by atoms with van der Waals surface area (Å²) < 4.78 is -0.591. The van der Waals surface area contributed by atoms with E-state index in [1.165, 1.54) is 47.0 Å².